The van der Waals surface area contributed by atoms with Crippen molar-refractivity contribution >= 4 is 21.8 Å². The Morgan fingerprint density at radius 3 is 2.38 bits per heavy atom. The van der Waals surface area contributed by atoms with Crippen molar-refractivity contribution in [1.29, 1.82) is 0 Å². The van der Waals surface area contributed by atoms with Crippen molar-refractivity contribution in [3.63, 3.8) is 0 Å². The minimum atomic E-state index is -4.64. The molecule has 0 aliphatic heterocycles. The van der Waals surface area contributed by atoms with Crippen molar-refractivity contribution in [2.75, 3.05) is 0 Å². The molecule has 142 valence electrons. The molecule has 0 fully saturated rings. The Morgan fingerprint density at radius 1 is 1.23 bits per heavy atom. The summed E-state index contributed by atoms with van der Waals surface area (Å²) in [6, 6.07) is 7.01. The monoisotopic (exact) mass is 431 g/mol. The zero-order chi connectivity index (χ0) is 19.5. The van der Waals surface area contributed by atoms with E-state index in [-0.39, 0.29) is 6.04 Å². The van der Waals surface area contributed by atoms with Gasteiger partial charge in [-0.3, -0.25) is 9.48 Å². The van der Waals surface area contributed by atoms with Crippen LogP contribution in [0.3, 0.4) is 0 Å². The maximum atomic E-state index is 13.4. The fourth-order valence-corrected chi connectivity index (χ4v) is 2.87. The summed E-state index contributed by atoms with van der Waals surface area (Å²) in [6.07, 6.45) is -2.33. The van der Waals surface area contributed by atoms with Gasteiger partial charge in [0.2, 0.25) is 0 Å². The van der Waals surface area contributed by atoms with Crippen LogP contribution in [0.4, 0.5) is 13.2 Å². The fraction of sp³-hybridized carbons (Fsp3) is 0.444. The number of aromatic nitrogens is 2. The number of hydrogen-bond donors (Lipinski definition) is 1. The smallest absolute Gasteiger partial charge is 0.349 e. The van der Waals surface area contributed by atoms with Crippen LogP contribution in [-0.2, 0) is 12.6 Å². The Balaban J connectivity index is 2.06. The lowest BCUT2D eigenvalue weighted by atomic mass is 10.1. The number of aryl methyl sites for hydroxylation is 1. The minimum Gasteiger partial charge on any atom is -0.349 e. The molecule has 1 unspecified atom stereocenters. The van der Waals surface area contributed by atoms with Gasteiger partial charge in [0.05, 0.1) is 11.8 Å². The second kappa shape index (κ2) is 8.24. The van der Waals surface area contributed by atoms with Gasteiger partial charge in [-0.05, 0) is 51.3 Å². The third-order valence-corrected chi connectivity index (χ3v) is 4.48. The molecule has 4 nitrogen and oxygen atoms in total. The lowest BCUT2D eigenvalue weighted by molar-refractivity contribution is -0.145. The van der Waals surface area contributed by atoms with E-state index in [2.05, 4.69) is 26.3 Å². The molecule has 0 saturated carbocycles. The van der Waals surface area contributed by atoms with E-state index >= 15 is 0 Å². The largest absolute Gasteiger partial charge is 0.433 e. The van der Waals surface area contributed by atoms with Crippen LogP contribution in [0.25, 0.3) is 0 Å². The van der Waals surface area contributed by atoms with Crippen molar-refractivity contribution in [3.8, 4) is 0 Å². The zero-order valence-corrected chi connectivity index (χ0v) is 16.4. The SMILES string of the molecule is CC(CCc1ccc(Br)cc1)NC(=O)c1cnn(C(C)C)c1C(F)(F)F. The van der Waals surface area contributed by atoms with Gasteiger partial charge in [0.1, 0.15) is 0 Å². The molecule has 2 aromatic rings. The van der Waals surface area contributed by atoms with Crippen LogP contribution in [0.15, 0.2) is 34.9 Å². The summed E-state index contributed by atoms with van der Waals surface area (Å²) in [5, 5.41) is 6.38. The first-order valence-corrected chi connectivity index (χ1v) is 9.09. The van der Waals surface area contributed by atoms with Crippen molar-refractivity contribution in [2.45, 2.75) is 51.9 Å². The zero-order valence-electron chi connectivity index (χ0n) is 14.8. The lowest BCUT2D eigenvalue weighted by Gasteiger charge is -2.17. The van der Waals surface area contributed by atoms with Crippen molar-refractivity contribution in [1.82, 2.24) is 15.1 Å². The van der Waals surface area contributed by atoms with E-state index in [1.165, 1.54) is 0 Å². The number of amides is 1. The van der Waals surface area contributed by atoms with E-state index < -0.39 is 29.4 Å². The minimum absolute atomic E-state index is 0.269. The highest BCUT2D eigenvalue weighted by Gasteiger charge is 2.40. The Kier molecular flexibility index (Phi) is 6.49. The van der Waals surface area contributed by atoms with Crippen molar-refractivity contribution in [2.24, 2.45) is 0 Å². The first-order valence-electron chi connectivity index (χ1n) is 8.29. The van der Waals surface area contributed by atoms with Gasteiger partial charge in [-0.2, -0.15) is 18.3 Å². The van der Waals surface area contributed by atoms with Crippen LogP contribution in [0, 0.1) is 0 Å². The molecule has 0 radical (unpaired) electrons. The van der Waals surface area contributed by atoms with Gasteiger partial charge in [-0.15, -0.1) is 0 Å². The summed E-state index contributed by atoms with van der Waals surface area (Å²) in [7, 11) is 0. The first kappa shape index (κ1) is 20.5. The predicted octanol–water partition coefficient (Wildman–Crippen LogP) is 5.00. The Hall–Kier alpha value is -1.83. The van der Waals surface area contributed by atoms with Crippen LogP contribution in [0.5, 0.6) is 0 Å². The van der Waals surface area contributed by atoms with Crippen molar-refractivity contribution < 1.29 is 18.0 Å². The highest BCUT2D eigenvalue weighted by atomic mass is 79.9. The molecule has 1 heterocycles. The topological polar surface area (TPSA) is 46.9 Å². The van der Waals surface area contributed by atoms with Gasteiger partial charge < -0.3 is 5.32 Å². The quantitative estimate of drug-likeness (QED) is 0.699. The molecule has 0 aliphatic rings. The molecule has 1 N–H and O–H groups in total. The van der Waals surface area contributed by atoms with E-state index in [0.29, 0.717) is 12.8 Å². The third kappa shape index (κ3) is 5.09. The first-order chi connectivity index (χ1) is 12.1. The summed E-state index contributed by atoms with van der Waals surface area (Å²) >= 11 is 3.36. The molecule has 8 heteroatoms. The molecule has 26 heavy (non-hydrogen) atoms. The lowest BCUT2D eigenvalue weighted by Crippen LogP contribution is -2.34. The summed E-state index contributed by atoms with van der Waals surface area (Å²) in [4.78, 5) is 12.3. The normalized spacial score (nSPS) is 13.1. The second-order valence-electron chi connectivity index (χ2n) is 6.48. The molecule has 1 atom stereocenters. The van der Waals surface area contributed by atoms with Gasteiger partial charge in [-0.25, -0.2) is 0 Å². The van der Waals surface area contributed by atoms with Gasteiger partial charge in [0.15, 0.2) is 5.69 Å². The van der Waals surface area contributed by atoms with Crippen LogP contribution < -0.4 is 5.32 Å². The van der Waals surface area contributed by atoms with Gasteiger partial charge >= 0.3 is 6.18 Å². The maximum Gasteiger partial charge on any atom is 0.433 e. The van der Waals surface area contributed by atoms with E-state index in [1.54, 1.807) is 20.8 Å². The Labute approximate surface area is 158 Å². The summed E-state index contributed by atoms with van der Waals surface area (Å²) in [5.41, 5.74) is -0.357. The standard InChI is InChI=1S/C18H21BrF3N3O/c1-11(2)25-16(18(20,21)22)15(10-23-25)17(26)24-12(3)4-5-13-6-8-14(19)9-7-13/h6-12H,4-5H2,1-3H3,(H,24,26). The summed E-state index contributed by atoms with van der Waals surface area (Å²) in [5.74, 6) is -0.757. The van der Waals surface area contributed by atoms with E-state index in [1.807, 2.05) is 24.3 Å². The fourth-order valence-electron chi connectivity index (χ4n) is 2.61. The summed E-state index contributed by atoms with van der Waals surface area (Å²) in [6.45, 7) is 4.95. The van der Waals surface area contributed by atoms with Crippen LogP contribution in [-0.4, -0.2) is 21.7 Å². The number of carbonyl (C=O) groups excluding carboxylic acids is 1. The molecule has 0 saturated heterocycles. The number of nitrogens with one attached hydrogen (secondary N) is 1. The number of alkyl halides is 3. The molecule has 2 rings (SSSR count). The highest BCUT2D eigenvalue weighted by Crippen LogP contribution is 2.33. The number of halogens is 4. The number of carbonyl (C=O) groups is 1. The van der Waals surface area contributed by atoms with E-state index in [4.69, 9.17) is 0 Å². The average molecular weight is 432 g/mol. The molecule has 0 spiro atoms. The van der Waals surface area contributed by atoms with Gasteiger partial charge in [0, 0.05) is 16.6 Å². The second-order valence-corrected chi connectivity index (χ2v) is 7.40. The highest BCUT2D eigenvalue weighted by molar-refractivity contribution is 9.10. The molecule has 0 bridgehead atoms. The van der Waals surface area contributed by atoms with Crippen molar-refractivity contribution in [3.05, 3.63) is 51.8 Å². The van der Waals surface area contributed by atoms with Gasteiger partial charge in [0.25, 0.3) is 5.91 Å². The summed E-state index contributed by atoms with van der Waals surface area (Å²) < 4.78 is 41.9. The maximum absolute atomic E-state index is 13.4. The number of rotatable bonds is 6. The molecule has 1 aromatic carbocycles. The third-order valence-electron chi connectivity index (χ3n) is 3.95. The molecule has 0 aliphatic carbocycles. The van der Waals surface area contributed by atoms with E-state index in [0.717, 1.165) is 20.9 Å². The Morgan fingerprint density at radius 2 is 1.85 bits per heavy atom. The van der Waals surface area contributed by atoms with Crippen LogP contribution in [0.2, 0.25) is 0 Å². The predicted molar refractivity (Wildman–Crippen MR) is 97.0 cm³/mol. The number of hydrogen-bond acceptors (Lipinski definition) is 2. The van der Waals surface area contributed by atoms with Crippen LogP contribution >= 0.6 is 15.9 Å². The Bertz CT molecular complexity index is 754. The molecule has 1 amide bonds. The van der Waals surface area contributed by atoms with Gasteiger partial charge in [-0.1, -0.05) is 28.1 Å². The number of benzene rings is 1. The number of nitrogens with zero attached hydrogens (tertiary/aromatic N) is 2. The van der Waals surface area contributed by atoms with Crippen LogP contribution in [0.1, 0.15) is 54.8 Å². The average Bonchev–Trinajstić information content (AvgIpc) is 3.00. The van der Waals surface area contributed by atoms with E-state index in [9.17, 15) is 18.0 Å². The molecular weight excluding hydrogens is 411 g/mol. The molecular formula is C18H21BrF3N3O. The molecule has 1 aromatic heterocycles.